The van der Waals surface area contributed by atoms with E-state index in [4.69, 9.17) is 5.11 Å². The monoisotopic (exact) mass is 205 g/mol. The van der Waals surface area contributed by atoms with Crippen LogP contribution in [0.3, 0.4) is 0 Å². The first-order valence-corrected chi connectivity index (χ1v) is 5.70. The summed E-state index contributed by atoms with van der Waals surface area (Å²) in [5, 5.41) is 8.88. The number of carbonyl (C=O) groups is 1. The maximum absolute atomic E-state index is 10.8. The van der Waals surface area contributed by atoms with Crippen LogP contribution in [0.2, 0.25) is 0 Å². The first-order chi connectivity index (χ1) is 5.90. The molecule has 0 aromatic carbocycles. The molecule has 0 heterocycles. The third-order valence-corrected chi connectivity index (χ3v) is 2.51. The van der Waals surface area contributed by atoms with Gasteiger partial charge in [-0.2, -0.15) is 11.8 Å². The molecular formula is C9H19NO2S. The molecule has 0 atom stereocenters. The molecule has 0 amide bonds. The zero-order valence-electron chi connectivity index (χ0n) is 8.83. The number of nitrogens with zero attached hydrogens (tertiary/aromatic N) is 1. The predicted octanol–water partition coefficient (Wildman–Crippen LogP) is 1.39. The van der Waals surface area contributed by atoms with Gasteiger partial charge in [-0.15, -0.1) is 0 Å². The van der Waals surface area contributed by atoms with Crippen molar-refractivity contribution in [2.24, 2.45) is 5.41 Å². The number of hydrogen-bond acceptors (Lipinski definition) is 3. The highest BCUT2D eigenvalue weighted by molar-refractivity contribution is 7.98. The van der Waals surface area contributed by atoms with Gasteiger partial charge in [0.25, 0.3) is 0 Å². The minimum atomic E-state index is -0.733. The molecule has 3 nitrogen and oxygen atoms in total. The minimum absolute atomic E-state index is 0.600. The number of thioether (sulfide) groups is 1. The van der Waals surface area contributed by atoms with Crippen molar-refractivity contribution in [2.75, 3.05) is 32.1 Å². The molecule has 0 aliphatic carbocycles. The van der Waals surface area contributed by atoms with Crippen LogP contribution in [0.15, 0.2) is 0 Å². The van der Waals surface area contributed by atoms with Crippen molar-refractivity contribution < 1.29 is 9.90 Å². The Bertz CT molecular complexity index is 171. The Kier molecular flexibility index (Phi) is 5.40. The van der Waals surface area contributed by atoms with Crippen LogP contribution in [-0.2, 0) is 4.79 Å². The van der Waals surface area contributed by atoms with Gasteiger partial charge in [-0.05, 0) is 27.2 Å². The van der Waals surface area contributed by atoms with Gasteiger partial charge < -0.3 is 10.0 Å². The lowest BCUT2D eigenvalue weighted by molar-refractivity contribution is -0.147. The molecule has 0 bridgehead atoms. The molecule has 1 N–H and O–H groups in total. The molecule has 4 heteroatoms. The first kappa shape index (κ1) is 12.8. The smallest absolute Gasteiger partial charge is 0.310 e. The van der Waals surface area contributed by atoms with E-state index in [2.05, 4.69) is 11.2 Å². The molecule has 0 aliphatic heterocycles. The summed E-state index contributed by atoms with van der Waals surface area (Å²) in [6, 6.07) is 0. The molecular weight excluding hydrogens is 186 g/mol. The third kappa shape index (κ3) is 5.16. The lowest BCUT2D eigenvalue weighted by atomic mass is 9.93. The summed E-state index contributed by atoms with van der Waals surface area (Å²) >= 11 is 1.78. The van der Waals surface area contributed by atoms with Crippen LogP contribution in [-0.4, -0.2) is 48.1 Å². The fourth-order valence-corrected chi connectivity index (χ4v) is 1.56. The van der Waals surface area contributed by atoms with Gasteiger partial charge in [-0.1, -0.05) is 0 Å². The molecule has 0 radical (unpaired) electrons. The van der Waals surface area contributed by atoms with Crippen molar-refractivity contribution in [3.8, 4) is 0 Å². The number of carboxylic acid groups (broad SMARTS) is 1. The van der Waals surface area contributed by atoms with Crippen LogP contribution < -0.4 is 0 Å². The molecule has 0 aliphatic rings. The van der Waals surface area contributed by atoms with Gasteiger partial charge in [0.2, 0.25) is 0 Å². The maximum atomic E-state index is 10.8. The zero-order valence-corrected chi connectivity index (χ0v) is 9.65. The molecule has 0 aromatic rings. The first-order valence-electron chi connectivity index (χ1n) is 4.31. The van der Waals surface area contributed by atoms with Gasteiger partial charge in [0.05, 0.1) is 5.41 Å². The quantitative estimate of drug-likeness (QED) is 0.711. The highest BCUT2D eigenvalue weighted by atomic mass is 32.2. The van der Waals surface area contributed by atoms with E-state index >= 15 is 0 Å². The lowest BCUT2D eigenvalue weighted by Gasteiger charge is -2.26. The Morgan fingerprint density at radius 2 is 2.08 bits per heavy atom. The van der Waals surface area contributed by atoms with Crippen molar-refractivity contribution in [1.82, 2.24) is 4.90 Å². The molecule has 0 rings (SSSR count). The van der Waals surface area contributed by atoms with Gasteiger partial charge in [0.1, 0.15) is 0 Å². The Hall–Kier alpha value is -0.220. The average Bonchev–Trinajstić information content (AvgIpc) is 1.99. The molecule has 0 saturated heterocycles. The van der Waals surface area contributed by atoms with Gasteiger partial charge in [-0.3, -0.25) is 4.79 Å². The Balaban J connectivity index is 3.89. The largest absolute Gasteiger partial charge is 0.481 e. The third-order valence-electron chi connectivity index (χ3n) is 1.92. The van der Waals surface area contributed by atoms with Gasteiger partial charge >= 0.3 is 5.97 Å². The van der Waals surface area contributed by atoms with E-state index < -0.39 is 11.4 Å². The lowest BCUT2D eigenvalue weighted by Crippen LogP contribution is -2.38. The van der Waals surface area contributed by atoms with E-state index in [1.54, 1.807) is 25.6 Å². The van der Waals surface area contributed by atoms with Crippen molar-refractivity contribution in [2.45, 2.75) is 13.8 Å². The Labute approximate surface area is 84.5 Å². The van der Waals surface area contributed by atoms with Crippen LogP contribution in [0.25, 0.3) is 0 Å². The topological polar surface area (TPSA) is 40.5 Å². The van der Waals surface area contributed by atoms with E-state index in [0.717, 1.165) is 12.3 Å². The Morgan fingerprint density at radius 3 is 2.46 bits per heavy atom. The highest BCUT2D eigenvalue weighted by Gasteiger charge is 2.28. The van der Waals surface area contributed by atoms with Crippen molar-refractivity contribution >= 4 is 17.7 Å². The van der Waals surface area contributed by atoms with E-state index in [1.165, 1.54) is 0 Å². The van der Waals surface area contributed by atoms with Crippen molar-refractivity contribution in [1.29, 1.82) is 0 Å². The fourth-order valence-electron chi connectivity index (χ4n) is 1.07. The molecule has 0 unspecified atom stereocenters. The number of carboxylic acids is 1. The second-order valence-electron chi connectivity index (χ2n) is 3.92. The maximum Gasteiger partial charge on any atom is 0.310 e. The second kappa shape index (κ2) is 5.50. The number of aliphatic carboxylic acids is 1. The number of rotatable bonds is 6. The SMILES string of the molecule is CSCCN(C)CC(C)(C)C(=O)O. The van der Waals surface area contributed by atoms with Crippen LogP contribution in [0.1, 0.15) is 13.8 Å². The highest BCUT2D eigenvalue weighted by Crippen LogP contribution is 2.16. The molecule has 0 aromatic heterocycles. The van der Waals surface area contributed by atoms with Crippen LogP contribution in [0.5, 0.6) is 0 Å². The van der Waals surface area contributed by atoms with Crippen LogP contribution >= 0.6 is 11.8 Å². The van der Waals surface area contributed by atoms with Gasteiger partial charge in [0, 0.05) is 18.8 Å². The summed E-state index contributed by atoms with van der Waals surface area (Å²) in [5.74, 6) is 0.315. The van der Waals surface area contributed by atoms with Gasteiger partial charge in [0.15, 0.2) is 0 Å². The number of hydrogen-bond donors (Lipinski definition) is 1. The van der Waals surface area contributed by atoms with Gasteiger partial charge in [-0.25, -0.2) is 0 Å². The summed E-state index contributed by atoms with van der Waals surface area (Å²) in [6.45, 7) is 5.05. The second-order valence-corrected chi connectivity index (χ2v) is 4.91. The average molecular weight is 205 g/mol. The van der Waals surface area contributed by atoms with Crippen LogP contribution in [0.4, 0.5) is 0 Å². The van der Waals surface area contributed by atoms with E-state index in [0.29, 0.717) is 6.54 Å². The summed E-state index contributed by atoms with van der Waals surface area (Å²) in [6.07, 6.45) is 2.05. The van der Waals surface area contributed by atoms with Crippen molar-refractivity contribution in [3.05, 3.63) is 0 Å². The molecule has 13 heavy (non-hydrogen) atoms. The normalized spacial score (nSPS) is 12.1. The zero-order chi connectivity index (χ0) is 10.5. The summed E-state index contributed by atoms with van der Waals surface area (Å²) in [4.78, 5) is 12.9. The van der Waals surface area contributed by atoms with Crippen LogP contribution in [0, 0.1) is 5.41 Å². The predicted molar refractivity (Wildman–Crippen MR) is 57.3 cm³/mol. The van der Waals surface area contributed by atoms with E-state index in [9.17, 15) is 4.79 Å². The Morgan fingerprint density at radius 1 is 1.54 bits per heavy atom. The minimum Gasteiger partial charge on any atom is -0.481 e. The molecule has 0 fully saturated rings. The van der Waals surface area contributed by atoms with E-state index in [-0.39, 0.29) is 0 Å². The van der Waals surface area contributed by atoms with Crippen molar-refractivity contribution in [3.63, 3.8) is 0 Å². The molecule has 78 valence electrons. The van der Waals surface area contributed by atoms with E-state index in [1.807, 2.05) is 7.05 Å². The summed E-state index contributed by atoms with van der Waals surface area (Å²) in [5.41, 5.74) is -0.646. The summed E-state index contributed by atoms with van der Waals surface area (Å²) < 4.78 is 0. The standard InChI is InChI=1S/C9H19NO2S/c1-9(2,8(11)12)7-10(3)5-6-13-4/h5-7H2,1-4H3,(H,11,12). The summed E-state index contributed by atoms with van der Waals surface area (Å²) in [7, 11) is 1.96. The molecule has 0 saturated carbocycles. The molecule has 0 spiro atoms. The fraction of sp³-hybridized carbons (Fsp3) is 0.889.